The SMILES string of the molecule is CC1=C(C(=O)O)C(c2ccc(Cl)cc2)n2c(nc3ccc(I)cc3c2=O)N1. The molecule has 1 aromatic heterocycles. The smallest absolute Gasteiger partial charge is 0.335 e. The highest BCUT2D eigenvalue weighted by atomic mass is 127. The monoisotopic (exact) mass is 493 g/mol. The lowest BCUT2D eigenvalue weighted by Gasteiger charge is -2.30. The van der Waals surface area contributed by atoms with Crippen LogP contribution >= 0.6 is 34.2 Å². The van der Waals surface area contributed by atoms with Crippen LogP contribution in [0.2, 0.25) is 5.02 Å². The molecular formula is C19H13ClIN3O3. The maximum Gasteiger partial charge on any atom is 0.335 e. The van der Waals surface area contributed by atoms with E-state index in [0.29, 0.717) is 33.1 Å². The van der Waals surface area contributed by atoms with Gasteiger partial charge in [0.1, 0.15) is 0 Å². The molecule has 0 aliphatic carbocycles. The topological polar surface area (TPSA) is 84.2 Å². The molecule has 0 radical (unpaired) electrons. The molecule has 0 saturated heterocycles. The Bertz CT molecular complexity index is 1190. The van der Waals surface area contributed by atoms with Crippen molar-refractivity contribution in [2.45, 2.75) is 13.0 Å². The molecule has 27 heavy (non-hydrogen) atoms. The summed E-state index contributed by atoms with van der Waals surface area (Å²) in [6, 6.07) is 11.4. The number of aliphatic carboxylic acids is 1. The predicted molar refractivity (Wildman–Crippen MR) is 112 cm³/mol. The van der Waals surface area contributed by atoms with Gasteiger partial charge < -0.3 is 10.4 Å². The van der Waals surface area contributed by atoms with E-state index in [1.165, 1.54) is 4.57 Å². The van der Waals surface area contributed by atoms with Crippen LogP contribution < -0.4 is 10.9 Å². The van der Waals surface area contributed by atoms with Crippen molar-refractivity contribution < 1.29 is 9.90 Å². The Morgan fingerprint density at radius 1 is 1.26 bits per heavy atom. The summed E-state index contributed by atoms with van der Waals surface area (Å²) >= 11 is 8.11. The Kier molecular flexibility index (Phi) is 4.43. The lowest BCUT2D eigenvalue weighted by molar-refractivity contribution is -0.133. The standard InChI is InChI=1S/C19H13ClIN3O3/c1-9-15(18(26)27)16(10-2-4-11(20)5-3-10)24-17(25)13-8-12(21)6-7-14(13)23-19(24)22-9/h2-8,16H,1H3,(H,22,23)(H,26,27). The van der Waals surface area contributed by atoms with Gasteiger partial charge in [0.15, 0.2) is 0 Å². The molecule has 0 bridgehead atoms. The van der Waals surface area contributed by atoms with Crippen molar-refractivity contribution in [2.75, 3.05) is 5.32 Å². The van der Waals surface area contributed by atoms with E-state index >= 15 is 0 Å². The van der Waals surface area contributed by atoms with Gasteiger partial charge in [0.2, 0.25) is 5.95 Å². The molecule has 3 aromatic rings. The number of carboxylic acids is 1. The molecule has 0 spiro atoms. The molecule has 2 N–H and O–H groups in total. The largest absolute Gasteiger partial charge is 0.478 e. The van der Waals surface area contributed by atoms with Gasteiger partial charge in [0, 0.05) is 14.3 Å². The number of anilines is 1. The molecule has 2 aromatic carbocycles. The molecule has 1 atom stereocenters. The zero-order valence-corrected chi connectivity index (χ0v) is 16.9. The van der Waals surface area contributed by atoms with Gasteiger partial charge in [0.05, 0.1) is 22.5 Å². The minimum atomic E-state index is -1.10. The third-order valence-corrected chi connectivity index (χ3v) is 5.44. The highest BCUT2D eigenvalue weighted by Crippen LogP contribution is 2.35. The third kappa shape index (κ3) is 3.00. The third-order valence-electron chi connectivity index (χ3n) is 4.51. The number of nitrogens with one attached hydrogen (secondary N) is 1. The molecule has 0 amide bonds. The Hall–Kier alpha value is -2.39. The lowest BCUT2D eigenvalue weighted by atomic mass is 9.95. The van der Waals surface area contributed by atoms with E-state index in [2.05, 4.69) is 32.9 Å². The number of carboxylic acid groups (broad SMARTS) is 1. The number of hydrogen-bond donors (Lipinski definition) is 2. The molecule has 1 aliphatic rings. The zero-order valence-electron chi connectivity index (χ0n) is 14.0. The molecule has 6 nitrogen and oxygen atoms in total. The number of nitrogens with zero attached hydrogens (tertiary/aromatic N) is 2. The molecule has 4 rings (SSSR count). The number of benzene rings is 2. The van der Waals surface area contributed by atoms with Gasteiger partial charge in [0.25, 0.3) is 5.56 Å². The summed E-state index contributed by atoms with van der Waals surface area (Å²) in [4.78, 5) is 29.8. The first-order chi connectivity index (χ1) is 12.9. The van der Waals surface area contributed by atoms with E-state index in [1.54, 1.807) is 43.3 Å². The van der Waals surface area contributed by atoms with E-state index in [0.717, 1.165) is 3.57 Å². The van der Waals surface area contributed by atoms with Crippen molar-refractivity contribution in [2.24, 2.45) is 0 Å². The zero-order chi connectivity index (χ0) is 19.3. The summed E-state index contributed by atoms with van der Waals surface area (Å²) in [5.41, 5.74) is 1.44. The van der Waals surface area contributed by atoms with Crippen molar-refractivity contribution in [3.05, 3.63) is 78.2 Å². The average molecular weight is 494 g/mol. The van der Waals surface area contributed by atoms with Crippen molar-refractivity contribution >= 4 is 57.0 Å². The summed E-state index contributed by atoms with van der Waals surface area (Å²) in [6.07, 6.45) is 0. The van der Waals surface area contributed by atoms with Crippen LogP contribution in [0.3, 0.4) is 0 Å². The molecule has 1 aliphatic heterocycles. The summed E-state index contributed by atoms with van der Waals surface area (Å²) < 4.78 is 2.30. The first kappa shape index (κ1) is 18.0. The van der Waals surface area contributed by atoms with Gasteiger partial charge in [-0.05, 0) is 65.4 Å². The van der Waals surface area contributed by atoms with E-state index in [1.807, 2.05) is 6.07 Å². The number of fused-ring (bicyclic) bond motifs is 2. The van der Waals surface area contributed by atoms with Crippen LogP contribution in [0.15, 0.2) is 58.5 Å². The van der Waals surface area contributed by atoms with Crippen LogP contribution in [0, 0.1) is 3.57 Å². The van der Waals surface area contributed by atoms with Crippen LogP contribution in [0.1, 0.15) is 18.5 Å². The quantitative estimate of drug-likeness (QED) is 0.527. The Morgan fingerprint density at radius 3 is 2.63 bits per heavy atom. The highest BCUT2D eigenvalue weighted by Gasteiger charge is 2.34. The second kappa shape index (κ2) is 6.65. The second-order valence-electron chi connectivity index (χ2n) is 6.19. The molecule has 0 saturated carbocycles. The van der Waals surface area contributed by atoms with E-state index in [4.69, 9.17) is 11.6 Å². The first-order valence-electron chi connectivity index (χ1n) is 8.05. The highest BCUT2D eigenvalue weighted by molar-refractivity contribution is 14.1. The van der Waals surface area contributed by atoms with Gasteiger partial charge in [-0.25, -0.2) is 9.78 Å². The number of carbonyl (C=O) groups is 1. The molecular weight excluding hydrogens is 481 g/mol. The van der Waals surface area contributed by atoms with Crippen LogP contribution in [0.25, 0.3) is 10.9 Å². The summed E-state index contributed by atoms with van der Waals surface area (Å²) in [5, 5.41) is 13.8. The van der Waals surface area contributed by atoms with Crippen molar-refractivity contribution in [1.82, 2.24) is 9.55 Å². The van der Waals surface area contributed by atoms with Crippen molar-refractivity contribution in [1.29, 1.82) is 0 Å². The van der Waals surface area contributed by atoms with Gasteiger partial charge in [-0.2, -0.15) is 0 Å². The Labute approximate surface area is 172 Å². The lowest BCUT2D eigenvalue weighted by Crippen LogP contribution is -2.36. The van der Waals surface area contributed by atoms with Gasteiger partial charge in [-0.3, -0.25) is 9.36 Å². The molecule has 8 heteroatoms. The molecule has 0 fully saturated rings. The minimum absolute atomic E-state index is 0.0960. The van der Waals surface area contributed by atoms with E-state index < -0.39 is 12.0 Å². The maximum atomic E-state index is 13.3. The molecule has 1 unspecified atom stereocenters. The van der Waals surface area contributed by atoms with Gasteiger partial charge in [-0.15, -0.1) is 0 Å². The van der Waals surface area contributed by atoms with Crippen molar-refractivity contribution in [3.63, 3.8) is 0 Å². The molecule has 2 heterocycles. The van der Waals surface area contributed by atoms with Gasteiger partial charge in [-0.1, -0.05) is 23.7 Å². The van der Waals surface area contributed by atoms with Crippen LogP contribution in [0.5, 0.6) is 0 Å². The number of halogens is 2. The Morgan fingerprint density at radius 2 is 1.96 bits per heavy atom. The van der Waals surface area contributed by atoms with E-state index in [-0.39, 0.29) is 11.1 Å². The number of rotatable bonds is 2. The maximum absolute atomic E-state index is 13.3. The fraction of sp³-hybridized carbons (Fsp3) is 0.105. The van der Waals surface area contributed by atoms with E-state index in [9.17, 15) is 14.7 Å². The normalized spacial score (nSPS) is 16.2. The van der Waals surface area contributed by atoms with Crippen LogP contribution in [0.4, 0.5) is 5.95 Å². The summed E-state index contributed by atoms with van der Waals surface area (Å²) in [6.45, 7) is 1.67. The fourth-order valence-electron chi connectivity index (χ4n) is 3.31. The van der Waals surface area contributed by atoms with Gasteiger partial charge >= 0.3 is 5.97 Å². The number of aromatic nitrogens is 2. The van der Waals surface area contributed by atoms with Crippen molar-refractivity contribution in [3.8, 4) is 0 Å². The molecule has 136 valence electrons. The van der Waals surface area contributed by atoms with Crippen LogP contribution in [-0.2, 0) is 4.79 Å². The average Bonchev–Trinajstić information content (AvgIpc) is 2.62. The fourth-order valence-corrected chi connectivity index (χ4v) is 3.92. The summed E-state index contributed by atoms with van der Waals surface area (Å²) in [5.74, 6) is -0.781. The first-order valence-corrected chi connectivity index (χ1v) is 9.51. The number of hydrogen-bond acceptors (Lipinski definition) is 4. The number of allylic oxidation sites excluding steroid dienone is 1. The predicted octanol–water partition coefficient (Wildman–Crippen LogP) is 4.03. The second-order valence-corrected chi connectivity index (χ2v) is 7.88. The minimum Gasteiger partial charge on any atom is -0.478 e. The summed E-state index contributed by atoms with van der Waals surface area (Å²) in [7, 11) is 0. The van der Waals surface area contributed by atoms with Crippen LogP contribution in [-0.4, -0.2) is 20.6 Å². The Balaban J connectivity index is 2.07.